The summed E-state index contributed by atoms with van der Waals surface area (Å²) in [6.45, 7) is 5.44. The molecular weight excluding hydrogens is 342 g/mol. The number of likely N-dealkylation sites (tertiary alicyclic amines) is 1. The topological polar surface area (TPSA) is 90.1 Å². The number of rotatable bonds is 4. The maximum Gasteiger partial charge on any atom is 0.226 e. The predicted molar refractivity (Wildman–Crippen MR) is 103 cm³/mol. The lowest BCUT2D eigenvalue weighted by atomic mass is 9.89. The number of benzene rings is 1. The number of nitrogens with zero attached hydrogens (tertiary/aromatic N) is 2. The first-order valence-electron chi connectivity index (χ1n) is 9.82. The van der Waals surface area contributed by atoms with Crippen molar-refractivity contribution < 1.29 is 9.59 Å². The van der Waals surface area contributed by atoms with E-state index in [2.05, 4.69) is 20.6 Å². The number of aromatic nitrogens is 2. The van der Waals surface area contributed by atoms with Gasteiger partial charge in [-0.2, -0.15) is 0 Å². The van der Waals surface area contributed by atoms with Crippen LogP contribution in [0, 0.1) is 18.8 Å². The number of aromatic amines is 1. The van der Waals surface area contributed by atoms with Gasteiger partial charge in [0.15, 0.2) is 0 Å². The number of carbonyl (C=O) groups is 2. The third-order valence-electron chi connectivity index (χ3n) is 5.62. The number of hydrogen-bond donors (Lipinski definition) is 3. The molecule has 1 aromatic heterocycles. The molecule has 1 aromatic carbocycles. The third-order valence-corrected chi connectivity index (χ3v) is 5.62. The summed E-state index contributed by atoms with van der Waals surface area (Å²) < 4.78 is 0. The Bertz CT molecular complexity index is 840. The van der Waals surface area contributed by atoms with Gasteiger partial charge in [-0.25, -0.2) is 4.98 Å². The average Bonchev–Trinajstić information content (AvgIpc) is 3.34. The number of carbonyl (C=O) groups excluding carboxylic acids is 2. The fourth-order valence-electron chi connectivity index (χ4n) is 4.15. The SMILES string of the molecule is Cc1nc2ccc(CNC(=O)C3CNCC(C(=O)N4CCCC4)C3)cc2[nH]1. The van der Waals surface area contributed by atoms with E-state index in [4.69, 9.17) is 0 Å². The molecule has 144 valence electrons. The first kappa shape index (κ1) is 18.0. The van der Waals surface area contributed by atoms with Gasteiger partial charge in [0.25, 0.3) is 0 Å². The van der Waals surface area contributed by atoms with Crippen LogP contribution in [-0.4, -0.2) is 52.9 Å². The lowest BCUT2D eigenvalue weighted by Gasteiger charge is -2.31. The minimum Gasteiger partial charge on any atom is -0.352 e. The number of fused-ring (bicyclic) bond motifs is 1. The zero-order chi connectivity index (χ0) is 18.8. The molecule has 4 rings (SSSR count). The molecule has 0 bridgehead atoms. The maximum atomic E-state index is 12.6. The summed E-state index contributed by atoms with van der Waals surface area (Å²) in [7, 11) is 0. The van der Waals surface area contributed by atoms with E-state index in [1.165, 1.54) is 0 Å². The Morgan fingerprint density at radius 3 is 2.81 bits per heavy atom. The molecule has 7 heteroatoms. The molecule has 3 N–H and O–H groups in total. The number of aryl methyl sites for hydroxylation is 1. The van der Waals surface area contributed by atoms with Crippen LogP contribution in [0.5, 0.6) is 0 Å². The van der Waals surface area contributed by atoms with Crippen molar-refractivity contribution in [2.45, 2.75) is 32.7 Å². The molecule has 2 unspecified atom stereocenters. The molecule has 2 aromatic rings. The minimum atomic E-state index is -0.159. The molecule has 2 aliphatic heterocycles. The molecule has 2 amide bonds. The van der Waals surface area contributed by atoms with Gasteiger partial charge in [-0.05, 0) is 43.9 Å². The second kappa shape index (κ2) is 7.68. The van der Waals surface area contributed by atoms with Crippen molar-refractivity contribution in [1.82, 2.24) is 25.5 Å². The average molecular weight is 369 g/mol. The Hall–Kier alpha value is -2.41. The van der Waals surface area contributed by atoms with Crippen molar-refractivity contribution in [1.29, 1.82) is 0 Å². The molecule has 0 aliphatic carbocycles. The van der Waals surface area contributed by atoms with Crippen LogP contribution in [0.2, 0.25) is 0 Å². The molecule has 0 saturated carbocycles. The highest BCUT2D eigenvalue weighted by molar-refractivity contribution is 5.83. The molecule has 2 atom stereocenters. The Morgan fingerprint density at radius 1 is 1.22 bits per heavy atom. The van der Waals surface area contributed by atoms with Crippen molar-refractivity contribution in [2.24, 2.45) is 11.8 Å². The summed E-state index contributed by atoms with van der Waals surface area (Å²) in [5.74, 6) is 0.860. The standard InChI is InChI=1S/C20H27N5O2/c1-13-23-17-5-4-14(8-18(17)24-13)10-22-19(26)15-9-16(12-21-11-15)20(27)25-6-2-3-7-25/h4-5,8,15-16,21H,2-3,6-7,9-12H2,1H3,(H,22,26)(H,23,24). The molecular formula is C20H27N5O2. The fraction of sp³-hybridized carbons (Fsp3) is 0.550. The lowest BCUT2D eigenvalue weighted by Crippen LogP contribution is -2.48. The zero-order valence-corrected chi connectivity index (χ0v) is 15.8. The van der Waals surface area contributed by atoms with Crippen LogP contribution in [-0.2, 0) is 16.1 Å². The predicted octanol–water partition coefficient (Wildman–Crippen LogP) is 1.34. The second-order valence-corrected chi connectivity index (χ2v) is 7.71. The van der Waals surface area contributed by atoms with Gasteiger partial charge in [0.05, 0.1) is 22.9 Å². The number of piperidine rings is 1. The summed E-state index contributed by atoms with van der Waals surface area (Å²) in [6, 6.07) is 5.98. The third kappa shape index (κ3) is 3.98. The van der Waals surface area contributed by atoms with Gasteiger partial charge in [0.1, 0.15) is 5.82 Å². The largest absolute Gasteiger partial charge is 0.352 e. The second-order valence-electron chi connectivity index (χ2n) is 7.71. The molecule has 2 fully saturated rings. The van der Waals surface area contributed by atoms with Crippen molar-refractivity contribution in [3.05, 3.63) is 29.6 Å². The van der Waals surface area contributed by atoms with E-state index >= 15 is 0 Å². The van der Waals surface area contributed by atoms with E-state index in [9.17, 15) is 9.59 Å². The highest BCUT2D eigenvalue weighted by Gasteiger charge is 2.33. The number of imidazole rings is 1. The monoisotopic (exact) mass is 369 g/mol. The number of H-pyrrole nitrogens is 1. The van der Waals surface area contributed by atoms with Crippen molar-refractivity contribution in [3.8, 4) is 0 Å². The smallest absolute Gasteiger partial charge is 0.226 e. The van der Waals surface area contributed by atoms with Gasteiger partial charge in [-0.1, -0.05) is 6.07 Å². The summed E-state index contributed by atoms with van der Waals surface area (Å²) in [6.07, 6.45) is 2.82. The van der Waals surface area contributed by atoms with Crippen LogP contribution in [0.25, 0.3) is 11.0 Å². The number of amides is 2. The molecule has 7 nitrogen and oxygen atoms in total. The number of hydrogen-bond acceptors (Lipinski definition) is 4. The van der Waals surface area contributed by atoms with E-state index in [-0.39, 0.29) is 23.7 Å². The quantitative estimate of drug-likeness (QED) is 0.759. The Labute approximate surface area is 158 Å². The van der Waals surface area contributed by atoms with Crippen molar-refractivity contribution in [2.75, 3.05) is 26.2 Å². The van der Waals surface area contributed by atoms with Crippen LogP contribution in [0.3, 0.4) is 0 Å². The molecule has 3 heterocycles. The highest BCUT2D eigenvalue weighted by Crippen LogP contribution is 2.21. The van der Waals surface area contributed by atoms with Crippen LogP contribution < -0.4 is 10.6 Å². The van der Waals surface area contributed by atoms with E-state index in [0.29, 0.717) is 26.1 Å². The molecule has 27 heavy (non-hydrogen) atoms. The van der Waals surface area contributed by atoms with Gasteiger partial charge >= 0.3 is 0 Å². The Kier molecular flexibility index (Phi) is 5.11. The van der Waals surface area contributed by atoms with E-state index < -0.39 is 0 Å². The summed E-state index contributed by atoms with van der Waals surface area (Å²) in [5.41, 5.74) is 2.95. The van der Waals surface area contributed by atoms with Crippen LogP contribution >= 0.6 is 0 Å². The first-order valence-corrected chi connectivity index (χ1v) is 9.82. The summed E-state index contributed by atoms with van der Waals surface area (Å²) in [4.78, 5) is 34.8. The molecule has 2 saturated heterocycles. The van der Waals surface area contributed by atoms with Gasteiger partial charge in [0.2, 0.25) is 11.8 Å². The van der Waals surface area contributed by atoms with Crippen LogP contribution in [0.1, 0.15) is 30.7 Å². The van der Waals surface area contributed by atoms with Gasteiger partial charge < -0.3 is 20.5 Å². The molecule has 0 radical (unpaired) electrons. The van der Waals surface area contributed by atoms with Crippen LogP contribution in [0.4, 0.5) is 0 Å². The Morgan fingerprint density at radius 2 is 2.00 bits per heavy atom. The fourth-order valence-corrected chi connectivity index (χ4v) is 4.15. The molecule has 0 spiro atoms. The Balaban J connectivity index is 1.33. The van der Waals surface area contributed by atoms with E-state index in [1.54, 1.807) is 0 Å². The maximum absolute atomic E-state index is 12.6. The van der Waals surface area contributed by atoms with E-state index in [1.807, 2.05) is 30.0 Å². The van der Waals surface area contributed by atoms with Gasteiger partial charge in [0, 0.05) is 32.7 Å². The summed E-state index contributed by atoms with van der Waals surface area (Å²) >= 11 is 0. The zero-order valence-electron chi connectivity index (χ0n) is 15.8. The van der Waals surface area contributed by atoms with E-state index in [0.717, 1.165) is 48.4 Å². The van der Waals surface area contributed by atoms with Gasteiger partial charge in [-0.15, -0.1) is 0 Å². The lowest BCUT2D eigenvalue weighted by molar-refractivity contribution is -0.136. The van der Waals surface area contributed by atoms with Crippen molar-refractivity contribution >= 4 is 22.8 Å². The molecule has 2 aliphatic rings. The summed E-state index contributed by atoms with van der Waals surface area (Å²) in [5, 5.41) is 6.30. The number of nitrogens with one attached hydrogen (secondary N) is 3. The minimum absolute atomic E-state index is 0.0160. The highest BCUT2D eigenvalue weighted by atomic mass is 16.2. The normalized spacial score (nSPS) is 22.9. The first-order chi connectivity index (χ1) is 13.1. The van der Waals surface area contributed by atoms with Crippen molar-refractivity contribution in [3.63, 3.8) is 0 Å². The van der Waals surface area contributed by atoms with Gasteiger partial charge in [-0.3, -0.25) is 9.59 Å². The van der Waals surface area contributed by atoms with Crippen LogP contribution in [0.15, 0.2) is 18.2 Å².